The Labute approximate surface area is 182 Å². The topological polar surface area (TPSA) is 51.0 Å². The van der Waals surface area contributed by atoms with Crippen LogP contribution in [0.15, 0.2) is 66.1 Å². The van der Waals surface area contributed by atoms with E-state index in [9.17, 15) is 9.18 Å². The number of benzene rings is 2. The van der Waals surface area contributed by atoms with E-state index in [1.54, 1.807) is 35.3 Å². The second-order valence-electron chi connectivity index (χ2n) is 6.65. The molecule has 0 atom stereocenters. The number of aryl methyl sites for hydroxylation is 1. The highest BCUT2D eigenvalue weighted by molar-refractivity contribution is 7.99. The maximum Gasteiger partial charge on any atom is 0.260 e. The van der Waals surface area contributed by atoms with Crippen molar-refractivity contribution in [3.8, 4) is 0 Å². The monoisotopic (exact) mass is 440 g/mol. The highest BCUT2D eigenvalue weighted by Crippen LogP contribution is 2.31. The van der Waals surface area contributed by atoms with Crippen molar-refractivity contribution >= 4 is 44.4 Å². The number of hydrogen-bond acceptors (Lipinski definition) is 5. The first-order valence-corrected chi connectivity index (χ1v) is 11.5. The van der Waals surface area contributed by atoms with E-state index in [0.717, 1.165) is 28.3 Å². The molecule has 0 fully saturated rings. The minimum Gasteiger partial charge on any atom is -0.337 e. The summed E-state index contributed by atoms with van der Waals surface area (Å²) in [4.78, 5) is 24.6. The van der Waals surface area contributed by atoms with E-state index in [1.807, 2.05) is 41.1 Å². The van der Waals surface area contributed by atoms with Crippen LogP contribution in [0.25, 0.3) is 10.2 Å². The summed E-state index contributed by atoms with van der Waals surface area (Å²) in [6.45, 7) is 3.30. The number of hydrogen-bond donors (Lipinski definition) is 0. The number of rotatable bonds is 8. The van der Waals surface area contributed by atoms with Crippen molar-refractivity contribution in [3.05, 3.63) is 72.6 Å². The van der Waals surface area contributed by atoms with E-state index in [1.165, 1.54) is 17.4 Å². The van der Waals surface area contributed by atoms with E-state index < -0.39 is 0 Å². The number of carbonyl (C=O) groups is 1. The SMILES string of the molecule is CCSc1ccc(C(=O)N(CCCn2ccnc2)c2nc3c(F)cccc3s2)cc1. The van der Waals surface area contributed by atoms with Gasteiger partial charge in [-0.25, -0.2) is 14.4 Å². The summed E-state index contributed by atoms with van der Waals surface area (Å²) in [6.07, 6.45) is 6.10. The van der Waals surface area contributed by atoms with Gasteiger partial charge in [0.15, 0.2) is 5.13 Å². The Morgan fingerprint density at radius 3 is 2.77 bits per heavy atom. The molecule has 154 valence electrons. The van der Waals surface area contributed by atoms with Crippen LogP contribution in [0.4, 0.5) is 9.52 Å². The van der Waals surface area contributed by atoms with Crippen molar-refractivity contribution in [1.29, 1.82) is 0 Å². The molecule has 0 aliphatic rings. The number of amides is 1. The summed E-state index contributed by atoms with van der Waals surface area (Å²) in [6, 6.07) is 12.5. The molecule has 0 unspecified atom stereocenters. The summed E-state index contributed by atoms with van der Waals surface area (Å²) >= 11 is 3.06. The van der Waals surface area contributed by atoms with Gasteiger partial charge in [0.1, 0.15) is 11.3 Å². The normalized spacial score (nSPS) is 11.1. The number of para-hydroxylation sites is 1. The second-order valence-corrected chi connectivity index (χ2v) is 9.00. The third kappa shape index (κ3) is 4.55. The van der Waals surface area contributed by atoms with Gasteiger partial charge in [-0.15, -0.1) is 11.8 Å². The van der Waals surface area contributed by atoms with Crippen LogP contribution < -0.4 is 4.90 Å². The number of halogens is 1. The molecule has 8 heteroatoms. The molecule has 0 saturated carbocycles. The van der Waals surface area contributed by atoms with Gasteiger partial charge in [-0.3, -0.25) is 9.69 Å². The average molecular weight is 441 g/mol. The zero-order valence-corrected chi connectivity index (χ0v) is 18.1. The molecular weight excluding hydrogens is 419 g/mol. The molecule has 0 bridgehead atoms. The Hall–Kier alpha value is -2.71. The van der Waals surface area contributed by atoms with Gasteiger partial charge in [0.05, 0.1) is 11.0 Å². The maximum absolute atomic E-state index is 14.2. The first kappa shape index (κ1) is 20.6. The van der Waals surface area contributed by atoms with E-state index in [2.05, 4.69) is 16.9 Å². The van der Waals surface area contributed by atoms with Crippen molar-refractivity contribution in [1.82, 2.24) is 14.5 Å². The molecule has 5 nitrogen and oxygen atoms in total. The molecule has 0 radical (unpaired) electrons. The fourth-order valence-electron chi connectivity index (χ4n) is 3.15. The van der Waals surface area contributed by atoms with E-state index in [0.29, 0.717) is 22.8 Å². The smallest absolute Gasteiger partial charge is 0.260 e. The molecule has 1 amide bonds. The molecule has 0 aliphatic heterocycles. The molecular formula is C22H21FN4OS2. The standard InChI is InChI=1S/C22H21FN4OS2/c1-2-29-17-9-7-16(8-10-17)21(28)27(13-4-12-26-14-11-24-15-26)22-25-20-18(23)5-3-6-19(20)30-22/h3,5-11,14-15H,2,4,12-13H2,1H3. The Balaban J connectivity index is 1.61. The van der Waals surface area contributed by atoms with Crippen LogP contribution in [-0.2, 0) is 6.54 Å². The fourth-order valence-corrected chi connectivity index (χ4v) is 4.82. The second kappa shape index (κ2) is 9.40. The number of carbonyl (C=O) groups excluding carboxylic acids is 1. The quantitative estimate of drug-likeness (QED) is 0.340. The van der Waals surface area contributed by atoms with Crippen molar-refractivity contribution in [3.63, 3.8) is 0 Å². The molecule has 0 aliphatic carbocycles. The van der Waals surface area contributed by atoms with Crippen molar-refractivity contribution < 1.29 is 9.18 Å². The lowest BCUT2D eigenvalue weighted by Gasteiger charge is -2.20. The highest BCUT2D eigenvalue weighted by Gasteiger charge is 2.22. The minimum atomic E-state index is -0.373. The van der Waals surface area contributed by atoms with Crippen LogP contribution in [0.1, 0.15) is 23.7 Å². The number of imidazole rings is 1. The van der Waals surface area contributed by atoms with Crippen LogP contribution in [0.2, 0.25) is 0 Å². The van der Waals surface area contributed by atoms with Gasteiger partial charge in [-0.2, -0.15) is 0 Å². The molecule has 2 aromatic heterocycles. The van der Waals surface area contributed by atoms with Gasteiger partial charge < -0.3 is 4.57 Å². The zero-order chi connectivity index (χ0) is 20.9. The third-order valence-electron chi connectivity index (χ3n) is 4.60. The first-order chi connectivity index (χ1) is 14.7. The summed E-state index contributed by atoms with van der Waals surface area (Å²) in [5.74, 6) is 0.472. The predicted octanol–water partition coefficient (Wildman–Crippen LogP) is 5.48. The largest absolute Gasteiger partial charge is 0.337 e. The van der Waals surface area contributed by atoms with Gasteiger partial charge in [0.25, 0.3) is 5.91 Å². The predicted molar refractivity (Wildman–Crippen MR) is 121 cm³/mol. The lowest BCUT2D eigenvalue weighted by molar-refractivity contribution is 0.0986. The summed E-state index contributed by atoms with van der Waals surface area (Å²) in [7, 11) is 0. The van der Waals surface area contributed by atoms with Crippen LogP contribution in [0.5, 0.6) is 0 Å². The van der Waals surface area contributed by atoms with E-state index in [-0.39, 0.29) is 11.7 Å². The minimum absolute atomic E-state index is 0.131. The number of thioether (sulfide) groups is 1. The number of aromatic nitrogens is 3. The summed E-state index contributed by atoms with van der Waals surface area (Å²) < 4.78 is 16.9. The third-order valence-corrected chi connectivity index (χ3v) is 6.54. The van der Waals surface area contributed by atoms with Crippen molar-refractivity contribution in [2.45, 2.75) is 24.8 Å². The summed E-state index contributed by atoms with van der Waals surface area (Å²) in [5, 5.41) is 0.512. The molecule has 2 aromatic carbocycles. The Morgan fingerprint density at radius 1 is 1.23 bits per heavy atom. The van der Waals surface area contributed by atoms with Crippen molar-refractivity contribution in [2.24, 2.45) is 0 Å². The number of nitrogens with zero attached hydrogens (tertiary/aromatic N) is 4. The molecule has 0 spiro atoms. The highest BCUT2D eigenvalue weighted by atomic mass is 32.2. The molecule has 2 heterocycles. The van der Waals surface area contributed by atoms with Crippen LogP contribution >= 0.6 is 23.1 Å². The van der Waals surface area contributed by atoms with E-state index >= 15 is 0 Å². The molecule has 30 heavy (non-hydrogen) atoms. The van der Waals surface area contributed by atoms with Crippen LogP contribution in [-0.4, -0.2) is 32.7 Å². The average Bonchev–Trinajstić information content (AvgIpc) is 3.42. The van der Waals surface area contributed by atoms with Crippen LogP contribution in [0, 0.1) is 5.82 Å². The number of anilines is 1. The number of thiazole rings is 1. The zero-order valence-electron chi connectivity index (χ0n) is 16.5. The molecule has 4 rings (SSSR count). The molecule has 4 aromatic rings. The first-order valence-electron chi connectivity index (χ1n) is 9.71. The Bertz CT molecular complexity index is 1130. The Morgan fingerprint density at radius 2 is 2.07 bits per heavy atom. The van der Waals surface area contributed by atoms with Gasteiger partial charge in [0, 0.05) is 35.9 Å². The van der Waals surface area contributed by atoms with Gasteiger partial charge in [0.2, 0.25) is 0 Å². The van der Waals surface area contributed by atoms with Gasteiger partial charge in [-0.1, -0.05) is 24.3 Å². The fraction of sp³-hybridized carbons (Fsp3) is 0.227. The lowest BCUT2D eigenvalue weighted by atomic mass is 10.2. The Kier molecular flexibility index (Phi) is 6.44. The van der Waals surface area contributed by atoms with E-state index in [4.69, 9.17) is 0 Å². The number of fused-ring (bicyclic) bond motifs is 1. The molecule has 0 saturated heterocycles. The summed E-state index contributed by atoms with van der Waals surface area (Å²) in [5.41, 5.74) is 0.900. The molecule has 0 N–H and O–H groups in total. The maximum atomic E-state index is 14.2. The van der Waals surface area contributed by atoms with Crippen molar-refractivity contribution in [2.75, 3.05) is 17.2 Å². The van der Waals surface area contributed by atoms with Gasteiger partial charge >= 0.3 is 0 Å². The van der Waals surface area contributed by atoms with Crippen LogP contribution in [0.3, 0.4) is 0 Å². The lowest BCUT2D eigenvalue weighted by Crippen LogP contribution is -2.32. The van der Waals surface area contributed by atoms with Gasteiger partial charge in [-0.05, 0) is 48.6 Å².